The minimum Gasteiger partial charge on any atom is -0.483 e. The van der Waals surface area contributed by atoms with Crippen molar-refractivity contribution in [3.8, 4) is 5.75 Å². The number of hydrogen-bond acceptors (Lipinski definition) is 3. The molecule has 0 fully saturated rings. The van der Waals surface area contributed by atoms with E-state index < -0.39 is 5.60 Å². The lowest BCUT2D eigenvalue weighted by atomic mass is 9.87. The fourth-order valence-electron chi connectivity index (χ4n) is 5.76. The van der Waals surface area contributed by atoms with E-state index in [9.17, 15) is 9.59 Å². The van der Waals surface area contributed by atoms with Gasteiger partial charge in [0, 0.05) is 53.8 Å². The lowest BCUT2D eigenvalue weighted by Gasteiger charge is -2.36. The van der Waals surface area contributed by atoms with Gasteiger partial charge in [0.2, 0.25) is 0 Å². The first-order valence-corrected chi connectivity index (χ1v) is 15.9. The van der Waals surface area contributed by atoms with Gasteiger partial charge in [-0.25, -0.2) is 0 Å². The first kappa shape index (κ1) is 30.6. The van der Waals surface area contributed by atoms with Gasteiger partial charge in [0.05, 0.1) is 0 Å². The number of nitrogens with zero attached hydrogens (tertiary/aromatic N) is 2. The summed E-state index contributed by atoms with van der Waals surface area (Å²) < 4.78 is 7.62. The Morgan fingerprint density at radius 3 is 2.14 bits per heavy atom. The molecular weight excluding hydrogens is 600 g/mol. The first-order valence-electron chi connectivity index (χ1n) is 15.1. The molecule has 4 aromatic rings. The van der Waals surface area contributed by atoms with Crippen molar-refractivity contribution in [3.05, 3.63) is 118 Å². The standard InChI is InChI=1S/C37H39BrN2O3/c1-5-21-40(36(42)30-17-16-29-24-31(38)19-18-28(29)23-30)22-20-37(4)25-33(32-10-8-9-11-34(32)43-37)26-12-14-27(15-13-26)35(41)39(6-2)7-3/h8-19,23-25H,5-7,20-22H2,1-4H3/t37-/m1/s1. The highest BCUT2D eigenvalue weighted by molar-refractivity contribution is 9.10. The van der Waals surface area contributed by atoms with Crippen molar-refractivity contribution in [2.75, 3.05) is 26.2 Å². The molecule has 0 aromatic heterocycles. The molecule has 5 nitrogen and oxygen atoms in total. The van der Waals surface area contributed by atoms with E-state index >= 15 is 0 Å². The van der Waals surface area contributed by atoms with Gasteiger partial charge < -0.3 is 14.5 Å². The van der Waals surface area contributed by atoms with Crippen LogP contribution in [-0.2, 0) is 0 Å². The van der Waals surface area contributed by atoms with Crippen molar-refractivity contribution in [2.24, 2.45) is 0 Å². The summed E-state index contributed by atoms with van der Waals surface area (Å²) in [4.78, 5) is 30.4. The number of para-hydroxylation sites is 1. The Kier molecular flexibility index (Phi) is 9.36. The van der Waals surface area contributed by atoms with Crippen LogP contribution in [-0.4, -0.2) is 53.4 Å². The number of ether oxygens (including phenoxy) is 1. The van der Waals surface area contributed by atoms with Crippen LogP contribution in [0.3, 0.4) is 0 Å². The van der Waals surface area contributed by atoms with Crippen LogP contribution in [0.25, 0.3) is 16.3 Å². The van der Waals surface area contributed by atoms with E-state index in [0.29, 0.717) is 43.7 Å². The number of benzene rings is 4. The molecule has 0 saturated carbocycles. The fraction of sp³-hybridized carbons (Fsp3) is 0.297. The van der Waals surface area contributed by atoms with Crippen LogP contribution < -0.4 is 4.74 Å². The van der Waals surface area contributed by atoms with E-state index in [0.717, 1.165) is 44.1 Å². The summed E-state index contributed by atoms with van der Waals surface area (Å²) in [6.45, 7) is 10.8. The molecule has 1 aliphatic rings. The van der Waals surface area contributed by atoms with Gasteiger partial charge in [-0.3, -0.25) is 9.59 Å². The van der Waals surface area contributed by atoms with E-state index in [4.69, 9.17) is 4.74 Å². The maximum Gasteiger partial charge on any atom is 0.253 e. The van der Waals surface area contributed by atoms with Crippen LogP contribution in [0.5, 0.6) is 5.75 Å². The Balaban J connectivity index is 1.40. The quantitative estimate of drug-likeness (QED) is 0.175. The molecule has 222 valence electrons. The smallest absolute Gasteiger partial charge is 0.253 e. The van der Waals surface area contributed by atoms with Gasteiger partial charge in [-0.05, 0) is 97.6 Å². The lowest BCUT2D eigenvalue weighted by Crippen LogP contribution is -2.40. The zero-order chi connectivity index (χ0) is 30.6. The monoisotopic (exact) mass is 638 g/mol. The van der Waals surface area contributed by atoms with E-state index in [-0.39, 0.29) is 11.8 Å². The summed E-state index contributed by atoms with van der Waals surface area (Å²) in [5.74, 6) is 0.895. The number of amides is 2. The fourth-order valence-corrected chi connectivity index (χ4v) is 6.14. The van der Waals surface area contributed by atoms with E-state index in [2.05, 4.69) is 48.0 Å². The van der Waals surface area contributed by atoms with E-state index in [1.165, 1.54) is 0 Å². The van der Waals surface area contributed by atoms with E-state index in [1.54, 1.807) is 0 Å². The Bertz CT molecular complexity index is 1660. The highest BCUT2D eigenvalue weighted by Gasteiger charge is 2.32. The number of rotatable bonds is 10. The minimum atomic E-state index is -0.624. The summed E-state index contributed by atoms with van der Waals surface area (Å²) in [6, 6.07) is 28.0. The molecule has 43 heavy (non-hydrogen) atoms. The van der Waals surface area contributed by atoms with Gasteiger partial charge in [0.1, 0.15) is 11.4 Å². The number of halogens is 1. The van der Waals surface area contributed by atoms with Crippen molar-refractivity contribution in [1.29, 1.82) is 0 Å². The second kappa shape index (κ2) is 13.2. The third-order valence-electron chi connectivity index (χ3n) is 8.17. The molecule has 0 spiro atoms. The van der Waals surface area contributed by atoms with Crippen molar-refractivity contribution < 1.29 is 14.3 Å². The first-order chi connectivity index (χ1) is 20.7. The molecule has 0 unspecified atom stereocenters. The molecule has 0 radical (unpaired) electrons. The Labute approximate surface area is 263 Å². The lowest BCUT2D eigenvalue weighted by molar-refractivity contribution is 0.0681. The summed E-state index contributed by atoms with van der Waals surface area (Å²) in [7, 11) is 0. The van der Waals surface area contributed by atoms with Gasteiger partial charge in [-0.15, -0.1) is 0 Å². The normalized spacial score (nSPS) is 15.8. The molecule has 4 aromatic carbocycles. The second-order valence-corrected chi connectivity index (χ2v) is 12.2. The van der Waals surface area contributed by atoms with Crippen LogP contribution in [0.15, 0.2) is 95.5 Å². The summed E-state index contributed by atoms with van der Waals surface area (Å²) in [5.41, 5.74) is 3.88. The molecule has 6 heteroatoms. The number of carbonyl (C=O) groups is 2. The zero-order valence-electron chi connectivity index (χ0n) is 25.4. The molecular formula is C37H39BrN2O3. The van der Waals surface area contributed by atoms with Gasteiger partial charge in [-0.1, -0.05) is 65.3 Å². The zero-order valence-corrected chi connectivity index (χ0v) is 27.0. The van der Waals surface area contributed by atoms with Crippen molar-refractivity contribution in [1.82, 2.24) is 9.80 Å². The van der Waals surface area contributed by atoms with E-state index in [1.807, 2.05) is 96.4 Å². The predicted molar refractivity (Wildman–Crippen MR) is 179 cm³/mol. The summed E-state index contributed by atoms with van der Waals surface area (Å²) in [6.07, 6.45) is 3.68. The third-order valence-corrected chi connectivity index (χ3v) is 8.66. The molecule has 0 N–H and O–H groups in total. The Hall–Kier alpha value is -3.90. The average Bonchev–Trinajstić information content (AvgIpc) is 3.02. The average molecular weight is 640 g/mol. The largest absolute Gasteiger partial charge is 0.483 e. The molecule has 0 bridgehead atoms. The van der Waals surface area contributed by atoms with Crippen LogP contribution in [0.1, 0.15) is 72.4 Å². The number of fused-ring (bicyclic) bond motifs is 2. The van der Waals surface area contributed by atoms with Crippen molar-refractivity contribution in [3.63, 3.8) is 0 Å². The van der Waals surface area contributed by atoms with Crippen LogP contribution in [0.4, 0.5) is 0 Å². The minimum absolute atomic E-state index is 0.0316. The highest BCUT2D eigenvalue weighted by atomic mass is 79.9. The number of carbonyl (C=O) groups excluding carboxylic acids is 2. The van der Waals surface area contributed by atoms with Crippen LogP contribution in [0, 0.1) is 0 Å². The Morgan fingerprint density at radius 1 is 0.767 bits per heavy atom. The molecule has 1 atom stereocenters. The van der Waals surface area contributed by atoms with Crippen molar-refractivity contribution >= 4 is 44.1 Å². The maximum absolute atomic E-state index is 13.7. The SMILES string of the molecule is CCCN(CC[C@]1(C)C=C(c2ccc(C(=O)N(CC)CC)cc2)c2ccccc2O1)C(=O)c1ccc2cc(Br)ccc2c1. The van der Waals surface area contributed by atoms with Crippen LogP contribution >= 0.6 is 15.9 Å². The second-order valence-electron chi connectivity index (χ2n) is 11.3. The molecule has 0 aliphatic carbocycles. The van der Waals surface area contributed by atoms with Gasteiger partial charge in [0.15, 0.2) is 0 Å². The molecule has 0 saturated heterocycles. The maximum atomic E-state index is 13.7. The van der Waals surface area contributed by atoms with Crippen LogP contribution in [0.2, 0.25) is 0 Å². The highest BCUT2D eigenvalue weighted by Crippen LogP contribution is 2.40. The topological polar surface area (TPSA) is 49.9 Å². The molecule has 1 aliphatic heterocycles. The molecule has 5 rings (SSSR count). The molecule has 2 amide bonds. The summed E-state index contributed by atoms with van der Waals surface area (Å²) in [5, 5.41) is 2.14. The number of hydrogen-bond donors (Lipinski definition) is 0. The van der Waals surface area contributed by atoms with Gasteiger partial charge in [-0.2, -0.15) is 0 Å². The third kappa shape index (κ3) is 6.70. The Morgan fingerprint density at radius 2 is 1.42 bits per heavy atom. The van der Waals surface area contributed by atoms with Gasteiger partial charge >= 0.3 is 0 Å². The predicted octanol–water partition coefficient (Wildman–Crippen LogP) is 8.61. The van der Waals surface area contributed by atoms with Gasteiger partial charge in [0.25, 0.3) is 11.8 Å². The summed E-state index contributed by atoms with van der Waals surface area (Å²) >= 11 is 3.53. The molecule has 1 heterocycles. The van der Waals surface area contributed by atoms with Crippen molar-refractivity contribution in [2.45, 2.75) is 46.1 Å².